The summed E-state index contributed by atoms with van der Waals surface area (Å²) in [4.78, 5) is 19.0. The van der Waals surface area contributed by atoms with Crippen molar-refractivity contribution in [1.82, 2.24) is 20.3 Å². The molecule has 10 heteroatoms. The number of carbonyl (C=O) groups is 1. The van der Waals surface area contributed by atoms with E-state index < -0.39 is 11.9 Å². The van der Waals surface area contributed by atoms with E-state index in [1.807, 2.05) is 4.90 Å². The molecule has 3 aromatic rings. The lowest BCUT2D eigenvalue weighted by Crippen LogP contribution is -2.47. The monoisotopic (exact) mass is 414 g/mol. The normalized spacial score (nSPS) is 19.3. The van der Waals surface area contributed by atoms with Gasteiger partial charge >= 0.3 is 0 Å². The van der Waals surface area contributed by atoms with Gasteiger partial charge in [-0.1, -0.05) is 16.5 Å². The minimum Gasteiger partial charge on any atom is -0.357 e. The highest BCUT2D eigenvalue weighted by atomic mass is 32.1. The van der Waals surface area contributed by atoms with Crippen LogP contribution in [0.15, 0.2) is 28.2 Å². The zero-order chi connectivity index (χ0) is 19.8. The first-order valence-electron chi connectivity index (χ1n) is 9.66. The summed E-state index contributed by atoms with van der Waals surface area (Å²) in [5.74, 6) is 0.754. The number of nitrogens with one attached hydrogen (secondary N) is 1. The number of anilines is 2. The Bertz CT molecular complexity index is 1020. The lowest BCUT2D eigenvalue weighted by molar-refractivity contribution is -0.117. The Balaban J connectivity index is 1.38. The Labute approximate surface area is 170 Å². The Morgan fingerprint density at radius 1 is 1.28 bits per heavy atom. The number of aromatic nitrogens is 4. The predicted molar refractivity (Wildman–Crippen MR) is 105 cm³/mol. The van der Waals surface area contributed by atoms with Crippen molar-refractivity contribution in [2.24, 2.45) is 0 Å². The summed E-state index contributed by atoms with van der Waals surface area (Å²) in [6, 6.07) is 4.41. The van der Waals surface area contributed by atoms with Crippen molar-refractivity contribution in [2.75, 3.05) is 16.8 Å². The fourth-order valence-corrected chi connectivity index (χ4v) is 4.08. The second-order valence-electron chi connectivity index (χ2n) is 7.33. The van der Waals surface area contributed by atoms with Gasteiger partial charge in [0, 0.05) is 18.0 Å². The molecule has 0 radical (unpaired) electrons. The molecule has 1 unspecified atom stereocenters. The van der Waals surface area contributed by atoms with E-state index in [1.54, 1.807) is 17.6 Å². The number of rotatable bonds is 5. The van der Waals surface area contributed by atoms with Gasteiger partial charge in [0.2, 0.25) is 22.8 Å². The molecule has 2 fully saturated rings. The lowest BCUT2D eigenvalue weighted by atomic mass is 10.00. The topological polar surface area (TPSA) is 97.0 Å². The Kier molecular flexibility index (Phi) is 4.70. The molecule has 29 heavy (non-hydrogen) atoms. The summed E-state index contributed by atoms with van der Waals surface area (Å²) in [5.41, 5.74) is 2.52. The van der Waals surface area contributed by atoms with Gasteiger partial charge in [-0.3, -0.25) is 10.1 Å². The quantitative estimate of drug-likeness (QED) is 0.681. The van der Waals surface area contributed by atoms with Gasteiger partial charge in [0.25, 0.3) is 0 Å². The summed E-state index contributed by atoms with van der Waals surface area (Å²) >= 11 is 1.25. The van der Waals surface area contributed by atoms with Crippen molar-refractivity contribution in [3.8, 4) is 11.4 Å². The van der Waals surface area contributed by atoms with Crippen LogP contribution in [0.1, 0.15) is 43.9 Å². The van der Waals surface area contributed by atoms with Gasteiger partial charge in [0.1, 0.15) is 17.4 Å². The number of nitrogens with zero attached hydrogens (tertiary/aromatic N) is 5. The van der Waals surface area contributed by atoms with E-state index in [0.29, 0.717) is 47.0 Å². The molecule has 1 saturated carbocycles. The highest BCUT2D eigenvalue weighted by Crippen LogP contribution is 2.39. The molecule has 5 rings (SSSR count). The van der Waals surface area contributed by atoms with Gasteiger partial charge in [-0.2, -0.15) is 4.98 Å². The molecular weight excluding hydrogens is 395 g/mol. The average Bonchev–Trinajstić information content (AvgIpc) is 3.24. The molecule has 2 aliphatic rings. The van der Waals surface area contributed by atoms with Crippen LogP contribution in [0.3, 0.4) is 0 Å². The molecule has 0 bridgehead atoms. The number of piperidine rings is 1. The van der Waals surface area contributed by atoms with E-state index in [0.717, 1.165) is 25.7 Å². The number of hydrogen-bond acceptors (Lipinski definition) is 8. The molecule has 1 aliphatic heterocycles. The molecule has 1 amide bonds. The minimum absolute atomic E-state index is 0.197. The summed E-state index contributed by atoms with van der Waals surface area (Å²) in [6.07, 6.45) is 4.59. The Hall–Kier alpha value is -2.88. The summed E-state index contributed by atoms with van der Waals surface area (Å²) in [7, 11) is 0. The molecule has 1 saturated heterocycles. The molecule has 150 valence electrons. The van der Waals surface area contributed by atoms with E-state index >= 15 is 4.39 Å². The second kappa shape index (κ2) is 7.51. The zero-order valence-electron chi connectivity index (χ0n) is 15.5. The molecule has 1 aromatic carbocycles. The lowest BCUT2D eigenvalue weighted by Gasteiger charge is -2.36. The summed E-state index contributed by atoms with van der Waals surface area (Å²) in [6.45, 7) is 0.610. The summed E-state index contributed by atoms with van der Waals surface area (Å²) in [5, 5.41) is 14.8. The Morgan fingerprint density at radius 3 is 2.93 bits per heavy atom. The zero-order valence-corrected chi connectivity index (χ0v) is 16.4. The van der Waals surface area contributed by atoms with E-state index in [1.165, 1.54) is 17.4 Å². The van der Waals surface area contributed by atoms with Crippen LogP contribution in [0.2, 0.25) is 0 Å². The fourth-order valence-electron chi connectivity index (χ4n) is 3.64. The SMILES string of the molecule is O=C(Nc1nncs1)C1CCCCN1c1ccc(-c2noc(C3CC3)n2)cc1F. The highest BCUT2D eigenvalue weighted by Gasteiger charge is 2.32. The highest BCUT2D eigenvalue weighted by molar-refractivity contribution is 7.13. The first-order chi connectivity index (χ1) is 14.2. The first kappa shape index (κ1) is 18.2. The molecule has 1 aliphatic carbocycles. The van der Waals surface area contributed by atoms with Crippen molar-refractivity contribution >= 4 is 28.1 Å². The molecule has 8 nitrogen and oxygen atoms in total. The van der Waals surface area contributed by atoms with Gasteiger partial charge in [0.15, 0.2) is 0 Å². The second-order valence-corrected chi connectivity index (χ2v) is 8.17. The van der Waals surface area contributed by atoms with Crippen LogP contribution in [-0.2, 0) is 4.79 Å². The van der Waals surface area contributed by atoms with Crippen LogP contribution in [-0.4, -0.2) is 38.8 Å². The van der Waals surface area contributed by atoms with Crippen molar-refractivity contribution < 1.29 is 13.7 Å². The third-order valence-corrected chi connectivity index (χ3v) is 5.89. The maximum Gasteiger partial charge on any atom is 0.248 e. The fraction of sp³-hybridized carbons (Fsp3) is 0.421. The van der Waals surface area contributed by atoms with Gasteiger partial charge < -0.3 is 9.42 Å². The molecule has 2 aromatic heterocycles. The van der Waals surface area contributed by atoms with Crippen LogP contribution in [0, 0.1) is 5.82 Å². The van der Waals surface area contributed by atoms with Crippen LogP contribution in [0.5, 0.6) is 0 Å². The molecule has 3 heterocycles. The van der Waals surface area contributed by atoms with Gasteiger partial charge in [-0.25, -0.2) is 4.39 Å². The maximum absolute atomic E-state index is 15.0. The average molecular weight is 414 g/mol. The van der Waals surface area contributed by atoms with E-state index in [2.05, 4.69) is 25.7 Å². The number of carbonyl (C=O) groups excluding carboxylic acids is 1. The van der Waals surface area contributed by atoms with Gasteiger partial charge in [-0.15, -0.1) is 10.2 Å². The predicted octanol–water partition coefficient (Wildman–Crippen LogP) is 3.60. The molecular formula is C19H19FN6O2S. The molecule has 1 N–H and O–H groups in total. The number of amides is 1. The summed E-state index contributed by atoms with van der Waals surface area (Å²) < 4.78 is 20.3. The minimum atomic E-state index is -0.459. The molecule has 1 atom stereocenters. The van der Waals surface area contributed by atoms with E-state index in [-0.39, 0.29) is 5.91 Å². The van der Waals surface area contributed by atoms with Crippen molar-refractivity contribution in [1.29, 1.82) is 0 Å². The van der Waals surface area contributed by atoms with Crippen LogP contribution in [0.4, 0.5) is 15.2 Å². The van der Waals surface area contributed by atoms with E-state index in [4.69, 9.17) is 4.52 Å². The van der Waals surface area contributed by atoms with Crippen LogP contribution < -0.4 is 10.2 Å². The van der Waals surface area contributed by atoms with Crippen molar-refractivity contribution in [2.45, 2.75) is 44.1 Å². The van der Waals surface area contributed by atoms with E-state index in [9.17, 15) is 4.79 Å². The van der Waals surface area contributed by atoms with Gasteiger partial charge in [0.05, 0.1) is 5.69 Å². The Morgan fingerprint density at radius 2 is 2.17 bits per heavy atom. The van der Waals surface area contributed by atoms with Crippen molar-refractivity contribution in [3.05, 3.63) is 35.4 Å². The largest absolute Gasteiger partial charge is 0.357 e. The van der Waals surface area contributed by atoms with Gasteiger partial charge in [-0.05, 0) is 50.3 Å². The first-order valence-corrected chi connectivity index (χ1v) is 10.5. The number of halogens is 1. The van der Waals surface area contributed by atoms with Crippen molar-refractivity contribution in [3.63, 3.8) is 0 Å². The number of benzene rings is 1. The smallest absolute Gasteiger partial charge is 0.248 e. The van der Waals surface area contributed by atoms with Crippen LogP contribution >= 0.6 is 11.3 Å². The third kappa shape index (κ3) is 3.71. The number of hydrogen-bond donors (Lipinski definition) is 1. The maximum atomic E-state index is 15.0. The molecule has 0 spiro atoms. The van der Waals surface area contributed by atoms with Crippen LogP contribution in [0.25, 0.3) is 11.4 Å². The third-order valence-electron chi connectivity index (χ3n) is 5.28. The standard InChI is InChI=1S/C19H19FN6O2S/c20-13-9-12(16-22-18(28-25-16)11-4-5-11)6-7-14(13)26-8-2-1-3-15(26)17(27)23-19-24-21-10-29-19/h6-7,9-11,15H,1-5,8H2,(H,23,24,27).